The average molecular weight is 855 g/mol. The molecule has 7 unspecified atom stereocenters. The molecule has 12 atom stereocenters. The zero-order valence-electron chi connectivity index (χ0n) is 29.2. The first-order valence-corrected chi connectivity index (χ1v) is 22.1. The minimum absolute atomic E-state index is 0.122. The van der Waals surface area contributed by atoms with E-state index in [9.17, 15) is 53.8 Å². The van der Waals surface area contributed by atoms with Gasteiger partial charge < -0.3 is 77.7 Å². The van der Waals surface area contributed by atoms with Gasteiger partial charge in [-0.3, -0.25) is 23.7 Å². The van der Waals surface area contributed by atoms with Crippen molar-refractivity contribution in [2.45, 2.75) is 62.6 Å². The van der Waals surface area contributed by atoms with Crippen molar-refractivity contribution in [1.29, 1.82) is 0 Å². The fourth-order valence-corrected chi connectivity index (χ4v) is 9.33. The van der Waals surface area contributed by atoms with Crippen molar-refractivity contribution in [3.63, 3.8) is 0 Å². The van der Waals surface area contributed by atoms with Gasteiger partial charge in [-0.15, -0.1) is 4.98 Å². The van der Waals surface area contributed by atoms with E-state index in [2.05, 4.69) is 55.7 Å². The molecule has 6 rings (SSSR count). The maximum absolute atomic E-state index is 12.2. The van der Waals surface area contributed by atoms with E-state index in [1.807, 2.05) is 0 Å². The molecule has 27 heteroatoms. The number of phosphoric ester groups is 2. The van der Waals surface area contributed by atoms with Crippen molar-refractivity contribution in [2.75, 3.05) is 39.3 Å². The highest BCUT2D eigenvalue weighted by Crippen LogP contribution is 2.53. The predicted molar refractivity (Wildman–Crippen MR) is 186 cm³/mol. The van der Waals surface area contributed by atoms with Gasteiger partial charge in [-0.2, -0.15) is 0 Å². The number of hydrogen-bond donors (Lipinski definition) is 7. The van der Waals surface area contributed by atoms with Crippen LogP contribution in [0.5, 0.6) is 0 Å². The molecule has 0 spiro atoms. The van der Waals surface area contributed by atoms with Gasteiger partial charge in [-0.1, -0.05) is 11.8 Å². The van der Waals surface area contributed by atoms with E-state index in [1.54, 1.807) is 13.8 Å². The van der Waals surface area contributed by atoms with Crippen LogP contribution in [0.1, 0.15) is 36.2 Å². The molecule has 0 amide bonds. The molecule has 55 heavy (non-hydrogen) atoms. The van der Waals surface area contributed by atoms with Crippen molar-refractivity contribution in [3.8, 4) is 0 Å². The van der Waals surface area contributed by atoms with Crippen LogP contribution in [0.4, 0.5) is 5.95 Å². The van der Waals surface area contributed by atoms with Crippen molar-refractivity contribution in [1.82, 2.24) is 24.5 Å². The lowest BCUT2D eigenvalue weighted by Gasteiger charge is -2.32. The summed E-state index contributed by atoms with van der Waals surface area (Å²) in [5.41, 5.74) is 5.98. The SMILES string of the molecule is CC1[C+]=C([C@@H]2O[C@H](COP(=O)([O-])OP(C)([O-])=S)C(O)C2CO)c2nc(N)[nH]c(=O)c21.COP(=O)([O-])OC[C@H]1O[C@@H](n2ccc3c(=O)[nH]c(C)nc32)C(O)[C@H]1O. The first kappa shape index (κ1) is 43.5. The molecule has 23 nitrogen and oxygen atoms in total. The molecule has 5 heterocycles. The Balaban J connectivity index is 0.000000214. The highest BCUT2D eigenvalue weighted by atomic mass is 32.5. The molecule has 0 aromatic carbocycles. The smallest absolute Gasteiger partial charge is 0.280 e. The second-order valence-corrected chi connectivity index (χ2v) is 19.5. The fraction of sp³-hybridized carbons (Fsp3) is 0.571. The number of hydrogen-bond acceptors (Lipinski definition) is 21. The average Bonchev–Trinajstić information content (AvgIpc) is 3.81. The Morgan fingerprint density at radius 1 is 1.02 bits per heavy atom. The van der Waals surface area contributed by atoms with Crippen LogP contribution >= 0.6 is 22.1 Å². The summed E-state index contributed by atoms with van der Waals surface area (Å²) in [6.45, 7) is -1.27. The zero-order chi connectivity index (χ0) is 40.8. The highest BCUT2D eigenvalue weighted by Gasteiger charge is 2.53. The van der Waals surface area contributed by atoms with Gasteiger partial charge in [0.05, 0.1) is 37.4 Å². The number of nitrogens with zero attached hydrogens (tertiary/aromatic N) is 3. The van der Waals surface area contributed by atoms with E-state index in [-0.39, 0.29) is 22.8 Å². The third-order valence-corrected chi connectivity index (χ3v) is 12.6. The number of phosphoric acid groups is 2. The lowest BCUT2D eigenvalue weighted by molar-refractivity contribution is -0.229. The number of allylic oxidation sites excluding steroid dienone is 1. The predicted octanol–water partition coefficient (Wildman–Crippen LogP) is -3.02. The third kappa shape index (κ3) is 9.73. The normalized spacial score (nSPS) is 30.7. The van der Waals surface area contributed by atoms with Gasteiger partial charge in [-0.25, -0.2) is 4.98 Å². The van der Waals surface area contributed by atoms with Crippen LogP contribution in [0.25, 0.3) is 16.6 Å². The van der Waals surface area contributed by atoms with Crippen LogP contribution < -0.4 is 31.5 Å². The third-order valence-electron chi connectivity index (χ3n) is 8.64. The van der Waals surface area contributed by atoms with Crippen LogP contribution in [0.2, 0.25) is 0 Å². The second-order valence-electron chi connectivity index (χ2n) is 12.6. The van der Waals surface area contributed by atoms with E-state index in [0.717, 1.165) is 13.8 Å². The first-order chi connectivity index (χ1) is 25.6. The van der Waals surface area contributed by atoms with Gasteiger partial charge in [0.25, 0.3) is 26.8 Å². The number of H-pyrrole nitrogens is 2. The van der Waals surface area contributed by atoms with Crippen LogP contribution in [0, 0.1) is 18.9 Å². The number of fused-ring (bicyclic) bond motifs is 2. The summed E-state index contributed by atoms with van der Waals surface area (Å²) in [7, 11) is -8.56. The number of aromatic amines is 2. The summed E-state index contributed by atoms with van der Waals surface area (Å²) in [5, 5.41) is 40.9. The molecule has 3 aromatic rings. The second kappa shape index (κ2) is 16.7. The number of ether oxygens (including phenoxy) is 2. The molecule has 1 aliphatic carbocycles. The lowest BCUT2D eigenvalue weighted by Crippen LogP contribution is -2.34. The van der Waals surface area contributed by atoms with Crippen LogP contribution in [-0.2, 0) is 48.3 Å². The van der Waals surface area contributed by atoms with Gasteiger partial charge in [0.15, 0.2) is 11.8 Å². The molecule has 0 saturated carbocycles. The minimum atomic E-state index is -5.01. The first-order valence-electron chi connectivity index (χ1n) is 16.1. The number of aryl methyl sites for hydroxylation is 1. The van der Waals surface area contributed by atoms with Gasteiger partial charge in [0.2, 0.25) is 17.2 Å². The van der Waals surface area contributed by atoms with Crippen molar-refractivity contribution in [3.05, 3.63) is 56.1 Å². The number of nitrogens with two attached hydrogens (primary N) is 1. The fourth-order valence-electron chi connectivity index (χ4n) is 6.19. The number of anilines is 1. The summed E-state index contributed by atoms with van der Waals surface area (Å²) in [5.74, 6) is -1.07. The Hall–Kier alpha value is -2.66. The van der Waals surface area contributed by atoms with E-state index in [0.29, 0.717) is 22.3 Å². The van der Waals surface area contributed by atoms with E-state index >= 15 is 0 Å². The van der Waals surface area contributed by atoms with Gasteiger partial charge in [-0.05, 0) is 26.6 Å². The molecule has 3 aromatic heterocycles. The molecular formula is C28H37N6O17P3S-2. The number of nitrogens with one attached hydrogen (secondary N) is 2. The van der Waals surface area contributed by atoms with Crippen molar-refractivity contribution in [2.24, 2.45) is 5.92 Å². The molecule has 2 fully saturated rings. The van der Waals surface area contributed by atoms with Gasteiger partial charge >= 0.3 is 0 Å². The molecule has 0 radical (unpaired) electrons. The number of nitrogen functional groups attached to an aromatic ring is 1. The largest absolute Gasteiger partial charge is 0.801 e. The van der Waals surface area contributed by atoms with E-state index in [1.165, 1.54) is 16.8 Å². The molecule has 8 N–H and O–H groups in total. The number of aliphatic hydroxyl groups excluding tert-OH is 4. The summed E-state index contributed by atoms with van der Waals surface area (Å²) in [6.07, 6.45) is -3.90. The number of aliphatic hydroxyl groups is 4. The Morgan fingerprint density at radius 3 is 2.27 bits per heavy atom. The van der Waals surface area contributed by atoms with E-state index in [4.69, 9.17) is 15.2 Å². The van der Waals surface area contributed by atoms with Gasteiger partial charge in [0, 0.05) is 25.7 Å². The minimum Gasteiger partial charge on any atom is -0.801 e. The molecular weight excluding hydrogens is 817 g/mol. The Labute approximate surface area is 316 Å². The summed E-state index contributed by atoms with van der Waals surface area (Å²) < 4.78 is 53.3. The number of rotatable bonds is 12. The summed E-state index contributed by atoms with van der Waals surface area (Å²) in [4.78, 5) is 71.8. The van der Waals surface area contributed by atoms with Crippen molar-refractivity contribution < 1.29 is 71.6 Å². The Morgan fingerprint density at radius 2 is 1.65 bits per heavy atom. The van der Waals surface area contributed by atoms with Crippen molar-refractivity contribution >= 4 is 56.5 Å². The van der Waals surface area contributed by atoms with Gasteiger partial charge in [0.1, 0.15) is 47.9 Å². The molecule has 2 saturated heterocycles. The topological polar surface area (TPSA) is 362 Å². The molecule has 2 aliphatic heterocycles. The molecule has 3 aliphatic rings. The zero-order valence-corrected chi connectivity index (χ0v) is 32.7. The highest BCUT2D eigenvalue weighted by molar-refractivity contribution is 8.09. The summed E-state index contributed by atoms with van der Waals surface area (Å²) in [6, 6.07) is 1.50. The van der Waals surface area contributed by atoms with Crippen LogP contribution in [0.3, 0.4) is 0 Å². The number of aromatic nitrogens is 5. The maximum Gasteiger partial charge on any atom is 0.280 e. The Kier molecular flexibility index (Phi) is 13.2. The Bertz CT molecular complexity index is 2190. The van der Waals surface area contributed by atoms with Crippen LogP contribution in [0.15, 0.2) is 21.9 Å². The summed E-state index contributed by atoms with van der Waals surface area (Å²) >= 11 is 4.41. The molecule has 0 bridgehead atoms. The standard InChI is InChI=1S/C15H21N3O9P2S.C13H18N3O8P/c1-6-3-7(11-10(6)14(21)18-15(16)17-11)13-8(4-19)12(20)9(26-13)5-25-29(23,24)27-28(2,22)30;1-6-14-11-7(12(19)15-6)3-4-16(11)13-10(18)9(17)8(24-13)5-23-25(20,21)22-2/h6,8-9,12-13,19-20H,4-5H2,1-2H3,(H4-,16,17,18,21,22,23,24,30);3-4,8-10,13,17-18H,5H2,1-2H3,(H,20,21)(H,14,15,19)/p-2/t6?,8?,9-,12?,13+,28?;8-,9+,10?,13-/m11/s1. The maximum atomic E-state index is 12.2. The van der Waals surface area contributed by atoms with Crippen LogP contribution in [-0.4, -0.2) is 115 Å². The lowest BCUT2D eigenvalue weighted by atomic mass is 9.91. The monoisotopic (exact) mass is 854 g/mol. The van der Waals surface area contributed by atoms with E-state index < -0.39 is 102 Å². The quantitative estimate of drug-likeness (QED) is 0.0704. The molecule has 304 valence electrons.